The van der Waals surface area contributed by atoms with Gasteiger partial charge in [-0.3, -0.25) is 13.9 Å². The van der Waals surface area contributed by atoms with Crippen molar-refractivity contribution in [2.75, 3.05) is 31.6 Å². The van der Waals surface area contributed by atoms with Gasteiger partial charge in [0.15, 0.2) is 0 Å². The van der Waals surface area contributed by atoms with Crippen molar-refractivity contribution in [1.82, 2.24) is 10.2 Å². The highest BCUT2D eigenvalue weighted by Crippen LogP contribution is 2.26. The third kappa shape index (κ3) is 6.89. The molecule has 3 aromatic rings. The van der Waals surface area contributed by atoms with Crippen LogP contribution in [0.15, 0.2) is 83.8 Å². The minimum Gasteiger partial charge on any atom is -0.497 e. The lowest BCUT2D eigenvalue weighted by Crippen LogP contribution is -2.51. The van der Waals surface area contributed by atoms with Crippen LogP contribution in [0.1, 0.15) is 18.1 Å². The van der Waals surface area contributed by atoms with E-state index in [4.69, 9.17) is 4.74 Å². The maximum absolute atomic E-state index is 13.7. The highest BCUT2D eigenvalue weighted by molar-refractivity contribution is 7.92. The van der Waals surface area contributed by atoms with Crippen LogP contribution < -0.4 is 14.4 Å². The number of hydrogen-bond donors (Lipinski definition) is 1. The number of carbonyl (C=O) groups excluding carboxylic acids is 2. The number of aryl methyl sites for hydroxylation is 1. The number of methoxy groups -OCH3 is 1. The Morgan fingerprint density at radius 3 is 2.14 bits per heavy atom. The first kappa shape index (κ1) is 27.7. The highest BCUT2D eigenvalue weighted by Gasteiger charge is 2.32. The molecule has 0 heterocycles. The van der Waals surface area contributed by atoms with E-state index in [2.05, 4.69) is 5.32 Å². The predicted molar refractivity (Wildman–Crippen MR) is 144 cm³/mol. The van der Waals surface area contributed by atoms with Gasteiger partial charge >= 0.3 is 0 Å². The van der Waals surface area contributed by atoms with Crippen molar-refractivity contribution in [2.45, 2.75) is 31.2 Å². The number of likely N-dealkylation sites (N-methyl/N-ethyl adjacent to an activating group) is 1. The molecule has 3 aromatic carbocycles. The Kier molecular flexibility index (Phi) is 9.30. The molecule has 1 atom stereocenters. The zero-order valence-corrected chi connectivity index (χ0v) is 22.4. The summed E-state index contributed by atoms with van der Waals surface area (Å²) in [5.74, 6) is -0.266. The number of nitrogens with one attached hydrogen (secondary N) is 1. The first-order valence-corrected chi connectivity index (χ1v) is 13.4. The van der Waals surface area contributed by atoms with Gasteiger partial charge in [-0.25, -0.2) is 8.42 Å². The number of nitrogens with zero attached hydrogens (tertiary/aromatic N) is 2. The summed E-state index contributed by atoms with van der Waals surface area (Å²) in [5.41, 5.74) is 2.23. The van der Waals surface area contributed by atoms with E-state index in [1.165, 1.54) is 31.2 Å². The number of anilines is 1. The maximum Gasteiger partial charge on any atom is 0.264 e. The fraction of sp³-hybridized carbons (Fsp3) is 0.286. The van der Waals surface area contributed by atoms with Crippen LogP contribution in [0.4, 0.5) is 5.69 Å². The van der Waals surface area contributed by atoms with Crippen LogP contribution in [-0.4, -0.2) is 58.4 Å². The molecule has 0 saturated carbocycles. The van der Waals surface area contributed by atoms with Crippen LogP contribution in [0.5, 0.6) is 5.75 Å². The van der Waals surface area contributed by atoms with Gasteiger partial charge < -0.3 is 15.0 Å². The van der Waals surface area contributed by atoms with Crippen LogP contribution in [-0.2, 0) is 26.0 Å². The van der Waals surface area contributed by atoms with Gasteiger partial charge in [0, 0.05) is 13.6 Å². The van der Waals surface area contributed by atoms with E-state index < -0.39 is 28.5 Å². The molecular weight excluding hydrogens is 490 g/mol. The lowest BCUT2D eigenvalue weighted by molar-refractivity contribution is -0.138. The molecule has 9 heteroatoms. The Bertz CT molecular complexity index is 1290. The molecule has 0 aliphatic heterocycles. The summed E-state index contributed by atoms with van der Waals surface area (Å²) in [4.78, 5) is 27.7. The largest absolute Gasteiger partial charge is 0.497 e. The van der Waals surface area contributed by atoms with E-state index in [1.807, 2.05) is 37.3 Å². The molecule has 0 aliphatic carbocycles. The van der Waals surface area contributed by atoms with E-state index in [0.29, 0.717) is 17.9 Å². The molecule has 3 rings (SSSR count). The van der Waals surface area contributed by atoms with Crippen LogP contribution >= 0.6 is 0 Å². The number of carbonyl (C=O) groups is 2. The highest BCUT2D eigenvalue weighted by atomic mass is 32.2. The average molecular weight is 524 g/mol. The second kappa shape index (κ2) is 12.4. The lowest BCUT2D eigenvalue weighted by atomic mass is 10.1. The summed E-state index contributed by atoms with van der Waals surface area (Å²) < 4.78 is 33.8. The summed E-state index contributed by atoms with van der Waals surface area (Å²) in [6.45, 7) is 3.27. The Morgan fingerprint density at radius 2 is 1.57 bits per heavy atom. The molecule has 0 aliphatic rings. The molecule has 0 bridgehead atoms. The number of benzene rings is 3. The molecule has 8 nitrogen and oxygen atoms in total. The van der Waals surface area contributed by atoms with Gasteiger partial charge in [0.05, 0.1) is 17.7 Å². The summed E-state index contributed by atoms with van der Waals surface area (Å²) in [6, 6.07) is 21.7. The van der Waals surface area contributed by atoms with E-state index in [-0.39, 0.29) is 17.3 Å². The van der Waals surface area contributed by atoms with E-state index in [1.54, 1.807) is 43.3 Å². The van der Waals surface area contributed by atoms with Crippen molar-refractivity contribution in [3.63, 3.8) is 0 Å². The molecule has 2 amide bonds. The Balaban J connectivity index is 1.97. The van der Waals surface area contributed by atoms with Gasteiger partial charge in [-0.15, -0.1) is 0 Å². The fourth-order valence-electron chi connectivity index (χ4n) is 3.89. The average Bonchev–Trinajstić information content (AvgIpc) is 2.92. The number of sulfonamides is 1. The van der Waals surface area contributed by atoms with Crippen LogP contribution in [0.25, 0.3) is 0 Å². The normalized spacial score (nSPS) is 11.9. The van der Waals surface area contributed by atoms with Crippen molar-refractivity contribution in [1.29, 1.82) is 0 Å². The standard InChI is InChI=1S/C28H33N3O5S/c1-21-10-16-26(17-11-21)37(34,35)31(24-12-14-25(36-4)15-13-24)20-27(32)30(22(2)28(33)29-3)19-18-23-8-6-5-7-9-23/h5-17,22H,18-20H2,1-4H3,(H,29,33). The van der Waals surface area contributed by atoms with Crippen molar-refractivity contribution in [3.05, 3.63) is 90.0 Å². The summed E-state index contributed by atoms with van der Waals surface area (Å²) in [7, 11) is -1.07. The second-order valence-corrected chi connectivity index (χ2v) is 10.5. The summed E-state index contributed by atoms with van der Waals surface area (Å²) in [6.07, 6.45) is 0.515. The number of rotatable bonds is 11. The molecule has 1 N–H and O–H groups in total. The number of amides is 2. The molecule has 0 aromatic heterocycles. The minimum atomic E-state index is -4.09. The predicted octanol–water partition coefficient (Wildman–Crippen LogP) is 3.40. The molecule has 1 unspecified atom stereocenters. The Morgan fingerprint density at radius 1 is 0.946 bits per heavy atom. The van der Waals surface area contributed by atoms with E-state index in [0.717, 1.165) is 15.4 Å². The molecule has 0 spiro atoms. The number of ether oxygens (including phenoxy) is 1. The van der Waals surface area contributed by atoms with Crippen molar-refractivity contribution in [3.8, 4) is 5.75 Å². The van der Waals surface area contributed by atoms with Gasteiger partial charge in [0.25, 0.3) is 10.0 Å². The van der Waals surface area contributed by atoms with Crippen molar-refractivity contribution >= 4 is 27.5 Å². The van der Waals surface area contributed by atoms with Crippen molar-refractivity contribution < 1.29 is 22.7 Å². The monoisotopic (exact) mass is 523 g/mol. The van der Waals surface area contributed by atoms with Gasteiger partial charge in [0.1, 0.15) is 18.3 Å². The molecule has 0 saturated heterocycles. The fourth-order valence-corrected chi connectivity index (χ4v) is 5.31. The maximum atomic E-state index is 13.7. The van der Waals surface area contributed by atoms with Crippen molar-refractivity contribution in [2.24, 2.45) is 0 Å². The van der Waals surface area contributed by atoms with Gasteiger partial charge in [-0.05, 0) is 62.2 Å². The third-order valence-electron chi connectivity index (χ3n) is 6.15. The smallest absolute Gasteiger partial charge is 0.264 e. The topological polar surface area (TPSA) is 96.0 Å². The first-order valence-electron chi connectivity index (χ1n) is 12.0. The van der Waals surface area contributed by atoms with Gasteiger partial charge in [-0.2, -0.15) is 0 Å². The quantitative estimate of drug-likeness (QED) is 0.416. The lowest BCUT2D eigenvalue weighted by Gasteiger charge is -2.31. The zero-order chi connectivity index (χ0) is 27.0. The Labute approximate surface area is 218 Å². The number of hydrogen-bond acceptors (Lipinski definition) is 5. The third-order valence-corrected chi connectivity index (χ3v) is 7.93. The molecule has 0 fully saturated rings. The summed E-state index contributed by atoms with van der Waals surface area (Å²) in [5, 5.41) is 2.58. The first-order chi connectivity index (χ1) is 17.7. The van der Waals surface area contributed by atoms with E-state index in [9.17, 15) is 18.0 Å². The van der Waals surface area contributed by atoms with Crippen LogP contribution in [0.2, 0.25) is 0 Å². The van der Waals surface area contributed by atoms with Gasteiger partial charge in [-0.1, -0.05) is 48.0 Å². The van der Waals surface area contributed by atoms with Crippen LogP contribution in [0, 0.1) is 6.92 Å². The molecular formula is C28H33N3O5S. The molecule has 37 heavy (non-hydrogen) atoms. The second-order valence-electron chi connectivity index (χ2n) is 8.64. The zero-order valence-electron chi connectivity index (χ0n) is 21.5. The van der Waals surface area contributed by atoms with Gasteiger partial charge in [0.2, 0.25) is 11.8 Å². The van der Waals surface area contributed by atoms with Crippen LogP contribution in [0.3, 0.4) is 0 Å². The summed E-state index contributed by atoms with van der Waals surface area (Å²) >= 11 is 0. The minimum absolute atomic E-state index is 0.0666. The molecule has 0 radical (unpaired) electrons. The SMILES string of the molecule is CNC(=O)C(C)N(CCc1ccccc1)C(=O)CN(c1ccc(OC)cc1)S(=O)(=O)c1ccc(C)cc1. The molecule has 196 valence electrons. The Hall–Kier alpha value is -3.85. The van der Waals surface area contributed by atoms with E-state index >= 15 is 0 Å².